The molecule has 0 N–H and O–H groups in total. The maximum absolute atomic E-state index is 13.6. The third kappa shape index (κ3) is 8.41. The summed E-state index contributed by atoms with van der Waals surface area (Å²) in [6, 6.07) is 26.7. The fourth-order valence-corrected chi connectivity index (χ4v) is 6.97. The van der Waals surface area contributed by atoms with Crippen LogP contribution < -0.4 is 4.74 Å². The van der Waals surface area contributed by atoms with Crippen molar-refractivity contribution in [3.63, 3.8) is 0 Å². The van der Waals surface area contributed by atoms with Crippen LogP contribution in [0.4, 0.5) is 0 Å². The van der Waals surface area contributed by atoms with Crippen LogP contribution in [0.2, 0.25) is 0 Å². The lowest BCUT2D eigenvalue weighted by molar-refractivity contribution is -0.138. The summed E-state index contributed by atoms with van der Waals surface area (Å²) in [6.07, 6.45) is 2.75. The molecule has 0 radical (unpaired) electrons. The van der Waals surface area contributed by atoms with Gasteiger partial charge in [0.15, 0.2) is 0 Å². The molecule has 0 bridgehead atoms. The maximum atomic E-state index is 13.6. The average Bonchev–Trinajstić information content (AvgIpc) is 3.11. The number of fused-ring (bicyclic) bond motifs is 1. The first-order chi connectivity index (χ1) is 23.1. The Labute approximate surface area is 278 Å². The van der Waals surface area contributed by atoms with Crippen molar-refractivity contribution >= 4 is 11.8 Å². The van der Waals surface area contributed by atoms with Gasteiger partial charge in [0.1, 0.15) is 5.75 Å². The molecule has 246 valence electrons. The van der Waals surface area contributed by atoms with Gasteiger partial charge in [0.2, 0.25) is 11.8 Å². The Morgan fingerprint density at radius 2 is 1.51 bits per heavy atom. The number of amides is 2. The van der Waals surface area contributed by atoms with Crippen molar-refractivity contribution in [2.45, 2.75) is 43.7 Å². The number of rotatable bonds is 9. The maximum Gasteiger partial charge on any atom is 0.227 e. The Morgan fingerprint density at radius 1 is 0.809 bits per heavy atom. The minimum absolute atomic E-state index is 0.126. The summed E-state index contributed by atoms with van der Waals surface area (Å²) in [7, 11) is 1.65. The number of benzene rings is 3. The molecule has 3 fully saturated rings. The van der Waals surface area contributed by atoms with Crippen molar-refractivity contribution in [3.8, 4) is 17.6 Å². The van der Waals surface area contributed by atoms with Gasteiger partial charge >= 0.3 is 0 Å². The first-order valence-electron chi connectivity index (χ1n) is 16.9. The molecule has 8 heteroatoms. The highest BCUT2D eigenvalue weighted by molar-refractivity contribution is 5.79. The topological polar surface area (TPSA) is 71.6 Å². The highest BCUT2D eigenvalue weighted by Gasteiger charge is 2.50. The van der Waals surface area contributed by atoms with E-state index in [9.17, 15) is 9.59 Å². The third-order valence-corrected chi connectivity index (χ3v) is 9.58. The molecule has 8 nitrogen and oxygen atoms in total. The Hall–Kier alpha value is -4.16. The summed E-state index contributed by atoms with van der Waals surface area (Å²) in [4.78, 5) is 32.8. The quantitative estimate of drug-likeness (QED) is 0.257. The monoisotopic (exact) mass is 635 g/mol. The predicted molar refractivity (Wildman–Crippen MR) is 181 cm³/mol. The van der Waals surface area contributed by atoms with Crippen molar-refractivity contribution in [2.24, 2.45) is 0 Å². The van der Waals surface area contributed by atoms with Gasteiger partial charge in [-0.15, -0.1) is 0 Å². The molecule has 0 unspecified atom stereocenters. The number of nitrogens with zero attached hydrogens (tertiary/aromatic N) is 3. The molecule has 3 aliphatic heterocycles. The van der Waals surface area contributed by atoms with Crippen LogP contribution in [-0.4, -0.2) is 105 Å². The lowest BCUT2D eigenvalue weighted by Crippen LogP contribution is -2.68. The summed E-state index contributed by atoms with van der Waals surface area (Å²) >= 11 is 0. The molecule has 3 aromatic carbocycles. The van der Waals surface area contributed by atoms with Gasteiger partial charge in [-0.3, -0.25) is 14.5 Å². The Kier molecular flexibility index (Phi) is 11.2. The van der Waals surface area contributed by atoms with Gasteiger partial charge in [-0.25, -0.2) is 0 Å². The largest absolute Gasteiger partial charge is 0.497 e. The number of carbonyl (C=O) groups is 2. The molecule has 3 saturated heterocycles. The second kappa shape index (κ2) is 16.1. The molecule has 2 amide bonds. The Bertz CT molecular complexity index is 1530. The van der Waals surface area contributed by atoms with Crippen LogP contribution in [-0.2, 0) is 25.5 Å². The number of methoxy groups -OCH3 is 1. The SMILES string of the molecule is COc1ccc(CC(=O)N2CCCCN3[C@H](COCCC(=O)N4CCOCC4)[C@H](c4ccc(C#Cc5ccccc5)cc4)[C@@H]3C2)cc1. The van der Waals surface area contributed by atoms with E-state index in [2.05, 4.69) is 45.9 Å². The smallest absolute Gasteiger partial charge is 0.227 e. The summed E-state index contributed by atoms with van der Waals surface area (Å²) in [6.45, 7) is 5.88. The van der Waals surface area contributed by atoms with Gasteiger partial charge in [-0.1, -0.05) is 54.3 Å². The zero-order valence-electron chi connectivity index (χ0n) is 27.3. The van der Waals surface area contributed by atoms with Crippen LogP contribution in [0.25, 0.3) is 0 Å². The molecule has 3 aromatic rings. The third-order valence-electron chi connectivity index (χ3n) is 9.58. The van der Waals surface area contributed by atoms with E-state index >= 15 is 0 Å². The van der Waals surface area contributed by atoms with Gasteiger partial charge in [0, 0.05) is 55.3 Å². The second-order valence-corrected chi connectivity index (χ2v) is 12.5. The van der Waals surface area contributed by atoms with Gasteiger partial charge in [-0.05, 0) is 66.9 Å². The van der Waals surface area contributed by atoms with Crippen molar-refractivity contribution in [1.29, 1.82) is 0 Å². The molecule has 0 aliphatic carbocycles. The molecule has 6 rings (SSSR count). The zero-order chi connectivity index (χ0) is 32.4. The van der Waals surface area contributed by atoms with E-state index in [0.717, 1.165) is 48.4 Å². The lowest BCUT2D eigenvalue weighted by atomic mass is 9.74. The number of hydrogen-bond donors (Lipinski definition) is 0. The van der Waals surface area contributed by atoms with Gasteiger partial charge in [0.05, 0.1) is 46.4 Å². The van der Waals surface area contributed by atoms with Crippen molar-refractivity contribution in [1.82, 2.24) is 14.7 Å². The number of ether oxygens (including phenoxy) is 3. The van der Waals surface area contributed by atoms with Crippen molar-refractivity contribution in [3.05, 3.63) is 101 Å². The van der Waals surface area contributed by atoms with Crippen molar-refractivity contribution < 1.29 is 23.8 Å². The van der Waals surface area contributed by atoms with Crippen LogP contribution in [0.15, 0.2) is 78.9 Å². The van der Waals surface area contributed by atoms with Gasteiger partial charge in [-0.2, -0.15) is 0 Å². The second-order valence-electron chi connectivity index (χ2n) is 12.5. The molecule has 3 atom stereocenters. The standard InChI is InChI=1S/C39H45N3O5/c1-45-34-17-13-32(14-18-34)27-38(44)41-20-5-6-21-42-35(28-41)39(36(42)29-47-24-19-37(43)40-22-25-46-26-23-40)33-15-11-31(12-16-33)10-9-30-7-3-2-4-8-30/h2-4,7-8,11-18,35-36,39H,5-6,19-29H2,1H3/t35-,36+,39+/m0/s1. The normalized spacial score (nSPS) is 21.3. The molecule has 47 heavy (non-hydrogen) atoms. The average molecular weight is 636 g/mol. The van der Waals surface area contributed by atoms with Crippen LogP contribution in [0.5, 0.6) is 5.75 Å². The summed E-state index contributed by atoms with van der Waals surface area (Å²) in [5.41, 5.74) is 4.18. The van der Waals surface area contributed by atoms with E-state index in [1.807, 2.05) is 59.5 Å². The Morgan fingerprint density at radius 3 is 2.23 bits per heavy atom. The first kappa shape index (κ1) is 32.8. The minimum Gasteiger partial charge on any atom is -0.497 e. The molecule has 3 aliphatic rings. The van der Waals surface area contributed by atoms with E-state index in [0.29, 0.717) is 58.9 Å². The van der Waals surface area contributed by atoms with Gasteiger partial charge < -0.3 is 24.0 Å². The first-order valence-corrected chi connectivity index (χ1v) is 16.9. The van der Waals surface area contributed by atoms with E-state index < -0.39 is 0 Å². The van der Waals surface area contributed by atoms with Gasteiger partial charge in [0.25, 0.3) is 0 Å². The lowest BCUT2D eigenvalue weighted by Gasteiger charge is -2.57. The highest BCUT2D eigenvalue weighted by atomic mass is 16.5. The minimum atomic E-state index is 0.126. The van der Waals surface area contributed by atoms with E-state index in [1.165, 1.54) is 5.56 Å². The summed E-state index contributed by atoms with van der Waals surface area (Å²) in [5.74, 6) is 7.82. The van der Waals surface area contributed by atoms with Crippen LogP contribution in [0, 0.1) is 11.8 Å². The van der Waals surface area contributed by atoms with E-state index in [-0.39, 0.29) is 29.8 Å². The predicted octanol–water partition coefficient (Wildman–Crippen LogP) is 4.36. The molecule has 0 saturated carbocycles. The fraction of sp³-hybridized carbons (Fsp3) is 0.436. The molecule has 3 heterocycles. The number of hydrogen-bond acceptors (Lipinski definition) is 6. The van der Waals surface area contributed by atoms with E-state index in [4.69, 9.17) is 14.2 Å². The molecular weight excluding hydrogens is 590 g/mol. The fourth-order valence-electron chi connectivity index (χ4n) is 6.97. The highest BCUT2D eigenvalue weighted by Crippen LogP contribution is 2.42. The summed E-state index contributed by atoms with van der Waals surface area (Å²) in [5, 5.41) is 0. The number of morpholine rings is 1. The van der Waals surface area contributed by atoms with E-state index in [1.54, 1.807) is 7.11 Å². The van der Waals surface area contributed by atoms with Crippen molar-refractivity contribution in [2.75, 3.05) is 66.3 Å². The summed E-state index contributed by atoms with van der Waals surface area (Å²) < 4.78 is 16.9. The van der Waals surface area contributed by atoms with Crippen LogP contribution in [0.3, 0.4) is 0 Å². The molecular formula is C39H45N3O5. The zero-order valence-corrected chi connectivity index (χ0v) is 27.3. The van der Waals surface area contributed by atoms with Crippen LogP contribution >= 0.6 is 0 Å². The number of carbonyl (C=O) groups excluding carboxylic acids is 2. The van der Waals surface area contributed by atoms with Crippen LogP contribution in [0.1, 0.15) is 47.4 Å². The molecule has 0 aromatic heterocycles. The molecule has 0 spiro atoms. The Balaban J connectivity index is 1.15.